The van der Waals surface area contributed by atoms with E-state index in [1.807, 2.05) is 24.3 Å². The maximum atomic E-state index is 11.1. The molecule has 0 aliphatic heterocycles. The summed E-state index contributed by atoms with van der Waals surface area (Å²) >= 11 is 0. The Morgan fingerprint density at radius 2 is 1.54 bits per heavy atom. The van der Waals surface area contributed by atoms with Crippen LogP contribution in [0.3, 0.4) is 0 Å². The molecule has 0 unspecified atom stereocenters. The van der Waals surface area contributed by atoms with Crippen molar-refractivity contribution in [2.24, 2.45) is 10.2 Å². The van der Waals surface area contributed by atoms with Gasteiger partial charge >= 0.3 is 0 Å². The predicted octanol–water partition coefficient (Wildman–Crippen LogP) is 6.04. The van der Waals surface area contributed by atoms with Gasteiger partial charge in [-0.1, -0.05) is 30.3 Å². The van der Waals surface area contributed by atoms with E-state index in [0.717, 1.165) is 10.8 Å². The summed E-state index contributed by atoms with van der Waals surface area (Å²) in [5.74, 6) is -0.128. The third-order valence-corrected chi connectivity index (χ3v) is 4.62. The van der Waals surface area contributed by atoms with Crippen LogP contribution in [0, 0.1) is 17.0 Å². The number of nitro groups is 1. The van der Waals surface area contributed by atoms with Crippen molar-refractivity contribution in [1.82, 2.24) is 0 Å². The Morgan fingerprint density at radius 1 is 0.821 bits per heavy atom. The summed E-state index contributed by atoms with van der Waals surface area (Å²) in [5, 5.41) is 42.8. The van der Waals surface area contributed by atoms with Crippen LogP contribution < -0.4 is 0 Å². The van der Waals surface area contributed by atoms with Gasteiger partial charge in [0.2, 0.25) is 0 Å². The van der Waals surface area contributed by atoms with E-state index in [1.54, 1.807) is 13.0 Å². The Balaban J connectivity index is 1.91. The molecule has 0 saturated heterocycles. The van der Waals surface area contributed by atoms with Gasteiger partial charge < -0.3 is 10.2 Å². The van der Waals surface area contributed by atoms with Gasteiger partial charge in [-0.15, -0.1) is 10.2 Å². The molecule has 0 heterocycles. The zero-order chi connectivity index (χ0) is 19.8. The van der Waals surface area contributed by atoms with Crippen molar-refractivity contribution in [3.05, 3.63) is 76.3 Å². The first-order valence-electron chi connectivity index (χ1n) is 8.49. The summed E-state index contributed by atoms with van der Waals surface area (Å²) in [7, 11) is 0. The van der Waals surface area contributed by atoms with Crippen molar-refractivity contribution in [2.75, 3.05) is 0 Å². The third kappa shape index (κ3) is 2.88. The fourth-order valence-corrected chi connectivity index (χ4v) is 3.22. The molecule has 0 atom stereocenters. The number of benzene rings is 4. The van der Waals surface area contributed by atoms with Crippen molar-refractivity contribution >= 4 is 38.6 Å². The summed E-state index contributed by atoms with van der Waals surface area (Å²) in [4.78, 5) is 10.6. The van der Waals surface area contributed by atoms with E-state index in [2.05, 4.69) is 10.2 Å². The van der Waals surface area contributed by atoms with Crippen LogP contribution in [-0.4, -0.2) is 15.1 Å². The first kappa shape index (κ1) is 17.4. The van der Waals surface area contributed by atoms with Gasteiger partial charge in [0.25, 0.3) is 5.69 Å². The molecular formula is C21H15N3O4. The van der Waals surface area contributed by atoms with Gasteiger partial charge in [0.15, 0.2) is 0 Å². The maximum Gasteiger partial charge on any atom is 0.270 e. The molecule has 28 heavy (non-hydrogen) atoms. The smallest absolute Gasteiger partial charge is 0.270 e. The second-order valence-corrected chi connectivity index (χ2v) is 6.40. The van der Waals surface area contributed by atoms with Crippen LogP contribution in [0.2, 0.25) is 0 Å². The number of fused-ring (bicyclic) bond motifs is 2. The number of hydrogen-bond acceptors (Lipinski definition) is 6. The van der Waals surface area contributed by atoms with Crippen molar-refractivity contribution in [2.45, 2.75) is 6.92 Å². The molecule has 4 aromatic rings. The lowest BCUT2D eigenvalue weighted by Gasteiger charge is -2.08. The lowest BCUT2D eigenvalue weighted by atomic mass is 10.0. The van der Waals surface area contributed by atoms with Crippen LogP contribution in [0.15, 0.2) is 70.9 Å². The van der Waals surface area contributed by atoms with Crippen LogP contribution in [0.1, 0.15) is 5.56 Å². The number of phenolic OH excluding ortho intramolecular Hbond substituents is 2. The fourth-order valence-electron chi connectivity index (χ4n) is 3.22. The van der Waals surface area contributed by atoms with Crippen LogP contribution in [0.25, 0.3) is 21.5 Å². The number of nitrogens with zero attached hydrogens (tertiary/aromatic N) is 3. The minimum absolute atomic E-state index is 0.0333. The molecule has 2 N–H and O–H groups in total. The molecule has 0 aliphatic carbocycles. The van der Waals surface area contributed by atoms with E-state index >= 15 is 0 Å². The lowest BCUT2D eigenvalue weighted by Crippen LogP contribution is -1.89. The normalized spacial score (nSPS) is 11.5. The summed E-state index contributed by atoms with van der Waals surface area (Å²) in [6.45, 7) is 1.75. The summed E-state index contributed by atoms with van der Waals surface area (Å²) < 4.78 is 0. The van der Waals surface area contributed by atoms with E-state index in [1.165, 1.54) is 30.3 Å². The Kier molecular flexibility index (Phi) is 4.12. The third-order valence-electron chi connectivity index (χ3n) is 4.62. The Hall–Kier alpha value is -4.00. The molecule has 0 aromatic heterocycles. The lowest BCUT2D eigenvalue weighted by molar-refractivity contribution is -0.384. The topological polar surface area (TPSA) is 108 Å². The van der Waals surface area contributed by atoms with Crippen LogP contribution in [0.5, 0.6) is 11.5 Å². The van der Waals surface area contributed by atoms with Crippen LogP contribution >= 0.6 is 0 Å². The highest BCUT2D eigenvalue weighted by atomic mass is 16.6. The minimum Gasteiger partial charge on any atom is -0.506 e. The molecule has 138 valence electrons. The SMILES string of the molecule is Cc1cc(O)c(/N=N/c2c(O)ccc3ccccc23)c2ccc([N+](=O)[O-])cc12. The molecule has 7 nitrogen and oxygen atoms in total. The van der Waals surface area contributed by atoms with Crippen LogP contribution in [0.4, 0.5) is 17.1 Å². The van der Waals surface area contributed by atoms with Gasteiger partial charge in [0.1, 0.15) is 22.9 Å². The van der Waals surface area contributed by atoms with Crippen molar-refractivity contribution in [3.63, 3.8) is 0 Å². The highest BCUT2D eigenvalue weighted by Crippen LogP contribution is 2.41. The molecule has 0 amide bonds. The van der Waals surface area contributed by atoms with E-state index < -0.39 is 4.92 Å². The van der Waals surface area contributed by atoms with E-state index in [9.17, 15) is 20.3 Å². The monoisotopic (exact) mass is 373 g/mol. The first-order valence-corrected chi connectivity index (χ1v) is 8.49. The zero-order valence-electron chi connectivity index (χ0n) is 14.8. The molecule has 0 bridgehead atoms. The summed E-state index contributed by atoms with van der Waals surface area (Å²) in [6, 6.07) is 16.6. The predicted molar refractivity (Wildman–Crippen MR) is 107 cm³/mol. The molecule has 0 fully saturated rings. The quantitative estimate of drug-likeness (QED) is 0.259. The average molecular weight is 373 g/mol. The Labute approximate surface area is 159 Å². The fraction of sp³-hybridized carbons (Fsp3) is 0.0476. The van der Waals surface area contributed by atoms with Gasteiger partial charge in [0.05, 0.1) is 4.92 Å². The summed E-state index contributed by atoms with van der Waals surface area (Å²) in [5.41, 5.74) is 1.11. The number of non-ortho nitro benzene ring substituents is 1. The van der Waals surface area contributed by atoms with E-state index in [0.29, 0.717) is 16.3 Å². The van der Waals surface area contributed by atoms with Crippen molar-refractivity contribution in [3.8, 4) is 11.5 Å². The molecule has 4 rings (SSSR count). The maximum absolute atomic E-state index is 11.1. The minimum atomic E-state index is -0.471. The molecular weight excluding hydrogens is 358 g/mol. The number of aryl methyl sites for hydroxylation is 1. The molecule has 0 spiro atoms. The van der Waals surface area contributed by atoms with Crippen molar-refractivity contribution < 1.29 is 15.1 Å². The zero-order valence-corrected chi connectivity index (χ0v) is 14.8. The summed E-state index contributed by atoms with van der Waals surface area (Å²) in [6.07, 6.45) is 0. The van der Waals surface area contributed by atoms with Gasteiger partial charge in [0, 0.05) is 22.9 Å². The number of nitro benzene ring substituents is 1. The molecule has 4 aromatic carbocycles. The second kappa shape index (κ2) is 6.62. The van der Waals surface area contributed by atoms with E-state index in [4.69, 9.17) is 0 Å². The second-order valence-electron chi connectivity index (χ2n) is 6.40. The molecule has 0 saturated carbocycles. The number of phenols is 2. The highest BCUT2D eigenvalue weighted by molar-refractivity contribution is 5.99. The largest absolute Gasteiger partial charge is 0.506 e. The standard InChI is InChI=1S/C21H15N3O4/c1-12-10-19(26)21(16-8-7-14(24(27)28)11-17(12)16)23-22-20-15-5-3-2-4-13(15)6-9-18(20)25/h2-11,25-26H,1H3/b23-22+. The van der Waals surface area contributed by atoms with Gasteiger partial charge in [-0.3, -0.25) is 10.1 Å². The molecule has 0 aliphatic rings. The van der Waals surface area contributed by atoms with E-state index in [-0.39, 0.29) is 28.6 Å². The first-order chi connectivity index (χ1) is 13.5. The van der Waals surface area contributed by atoms with Crippen LogP contribution in [-0.2, 0) is 0 Å². The van der Waals surface area contributed by atoms with Gasteiger partial charge in [-0.2, -0.15) is 0 Å². The molecule has 7 heteroatoms. The Morgan fingerprint density at radius 3 is 2.29 bits per heavy atom. The van der Waals surface area contributed by atoms with Gasteiger partial charge in [-0.25, -0.2) is 0 Å². The average Bonchev–Trinajstić information content (AvgIpc) is 2.68. The van der Waals surface area contributed by atoms with Crippen molar-refractivity contribution in [1.29, 1.82) is 0 Å². The Bertz CT molecular complexity index is 1280. The van der Waals surface area contributed by atoms with Gasteiger partial charge in [-0.05, 0) is 41.5 Å². The molecule has 0 radical (unpaired) electrons. The highest BCUT2D eigenvalue weighted by Gasteiger charge is 2.14. The number of azo groups is 1. The number of hydrogen-bond donors (Lipinski definition) is 2. The number of rotatable bonds is 3. The number of aromatic hydroxyl groups is 2.